The fourth-order valence-electron chi connectivity index (χ4n) is 4.80. The SMILES string of the molecule is Cc1onc([C@H]2CC[C@H](c3cnc4n3-c3ccc(Cl)cc3CNC4)CC2)c1C. The summed E-state index contributed by atoms with van der Waals surface area (Å²) in [6.45, 7) is 5.71. The molecule has 1 aliphatic carbocycles. The Balaban J connectivity index is 1.43. The molecule has 3 aromatic rings. The number of fused-ring (bicyclic) bond motifs is 3. The number of imidazole rings is 1. The lowest BCUT2D eigenvalue weighted by molar-refractivity contribution is 0.350. The van der Waals surface area contributed by atoms with Gasteiger partial charge in [-0.1, -0.05) is 16.8 Å². The normalized spacial score (nSPS) is 21.8. The summed E-state index contributed by atoms with van der Waals surface area (Å²) in [5.41, 5.74) is 6.15. The number of nitrogens with zero attached hydrogens (tertiary/aromatic N) is 3. The molecular formula is C22H25ClN4O. The van der Waals surface area contributed by atoms with Crippen LogP contribution >= 0.6 is 11.6 Å². The van der Waals surface area contributed by atoms with Gasteiger partial charge in [0.25, 0.3) is 0 Å². The number of hydrogen-bond acceptors (Lipinski definition) is 4. The standard InChI is InChI=1S/C22H25ClN4O/c1-13-14(2)28-26-22(13)16-5-3-15(4-6-16)20-11-25-21-12-24-10-17-9-18(23)7-8-19(17)27(20)21/h7-9,11,15-16,24H,3-6,10,12H2,1-2H3/t15-,16-. The Labute approximate surface area is 170 Å². The van der Waals surface area contributed by atoms with Crippen LogP contribution in [0.3, 0.4) is 0 Å². The van der Waals surface area contributed by atoms with Crippen molar-refractivity contribution < 1.29 is 4.52 Å². The second kappa shape index (κ2) is 7.05. The number of benzene rings is 1. The minimum atomic E-state index is 0.507. The average Bonchev–Trinajstić information content (AvgIpc) is 3.21. The van der Waals surface area contributed by atoms with Crippen molar-refractivity contribution in [3.8, 4) is 5.69 Å². The van der Waals surface area contributed by atoms with E-state index < -0.39 is 0 Å². The Morgan fingerprint density at radius 3 is 2.64 bits per heavy atom. The van der Waals surface area contributed by atoms with E-state index in [0.29, 0.717) is 11.8 Å². The van der Waals surface area contributed by atoms with E-state index in [1.54, 1.807) is 0 Å². The van der Waals surface area contributed by atoms with E-state index >= 15 is 0 Å². The molecule has 2 aliphatic rings. The van der Waals surface area contributed by atoms with E-state index in [2.05, 4.69) is 40.3 Å². The van der Waals surface area contributed by atoms with E-state index in [4.69, 9.17) is 21.1 Å². The molecule has 0 radical (unpaired) electrons. The van der Waals surface area contributed by atoms with E-state index in [0.717, 1.165) is 61.1 Å². The van der Waals surface area contributed by atoms with Gasteiger partial charge in [0, 0.05) is 40.9 Å². The van der Waals surface area contributed by atoms with Crippen molar-refractivity contribution in [2.75, 3.05) is 0 Å². The van der Waals surface area contributed by atoms with Crippen molar-refractivity contribution in [1.82, 2.24) is 20.0 Å². The molecular weight excluding hydrogens is 372 g/mol. The van der Waals surface area contributed by atoms with Gasteiger partial charge in [-0.25, -0.2) is 4.98 Å². The van der Waals surface area contributed by atoms with Crippen LogP contribution in [0, 0.1) is 13.8 Å². The number of aromatic nitrogens is 3. The molecule has 146 valence electrons. The highest BCUT2D eigenvalue weighted by Crippen LogP contribution is 2.42. The smallest absolute Gasteiger partial charge is 0.136 e. The summed E-state index contributed by atoms with van der Waals surface area (Å²) >= 11 is 6.24. The minimum Gasteiger partial charge on any atom is -0.361 e. The Morgan fingerprint density at radius 1 is 1.11 bits per heavy atom. The summed E-state index contributed by atoms with van der Waals surface area (Å²) in [4.78, 5) is 4.75. The van der Waals surface area contributed by atoms with Crippen LogP contribution in [0.25, 0.3) is 5.69 Å². The van der Waals surface area contributed by atoms with Crippen LogP contribution in [0.2, 0.25) is 5.02 Å². The van der Waals surface area contributed by atoms with Gasteiger partial charge < -0.3 is 9.84 Å². The zero-order valence-electron chi connectivity index (χ0n) is 16.3. The number of aryl methyl sites for hydroxylation is 1. The number of halogens is 1. The van der Waals surface area contributed by atoms with Crippen molar-refractivity contribution in [3.05, 3.63) is 63.5 Å². The topological polar surface area (TPSA) is 55.9 Å². The Hall–Kier alpha value is -2.11. The summed E-state index contributed by atoms with van der Waals surface area (Å²) in [5, 5.41) is 8.60. The van der Waals surface area contributed by atoms with E-state index in [1.165, 1.54) is 22.5 Å². The quantitative estimate of drug-likeness (QED) is 0.648. The van der Waals surface area contributed by atoms with Crippen LogP contribution < -0.4 is 5.32 Å². The molecule has 0 amide bonds. The van der Waals surface area contributed by atoms with Gasteiger partial charge in [-0.3, -0.25) is 4.57 Å². The molecule has 6 heteroatoms. The van der Waals surface area contributed by atoms with Crippen molar-refractivity contribution in [3.63, 3.8) is 0 Å². The molecule has 0 atom stereocenters. The van der Waals surface area contributed by atoms with Crippen LogP contribution in [0.1, 0.15) is 71.6 Å². The Kier molecular flexibility index (Phi) is 4.52. The molecule has 3 heterocycles. The summed E-state index contributed by atoms with van der Waals surface area (Å²) in [5.74, 6) is 3.06. The zero-order chi connectivity index (χ0) is 19.3. The first-order valence-electron chi connectivity index (χ1n) is 10.1. The van der Waals surface area contributed by atoms with Gasteiger partial charge in [0.2, 0.25) is 0 Å². The average molecular weight is 397 g/mol. The summed E-state index contributed by atoms with van der Waals surface area (Å²) < 4.78 is 7.77. The molecule has 2 aromatic heterocycles. The van der Waals surface area contributed by atoms with Gasteiger partial charge in [-0.2, -0.15) is 0 Å². The van der Waals surface area contributed by atoms with Gasteiger partial charge in [0.1, 0.15) is 11.6 Å². The van der Waals surface area contributed by atoms with Gasteiger partial charge in [-0.15, -0.1) is 0 Å². The third-order valence-electron chi connectivity index (χ3n) is 6.47. The zero-order valence-corrected chi connectivity index (χ0v) is 17.1. The lowest BCUT2D eigenvalue weighted by Gasteiger charge is -2.28. The molecule has 0 unspecified atom stereocenters. The number of rotatable bonds is 2. The Morgan fingerprint density at radius 2 is 1.89 bits per heavy atom. The largest absolute Gasteiger partial charge is 0.361 e. The van der Waals surface area contributed by atoms with Crippen LogP contribution in [0.4, 0.5) is 0 Å². The van der Waals surface area contributed by atoms with Crippen LogP contribution in [-0.4, -0.2) is 14.7 Å². The molecule has 5 rings (SSSR count). The highest BCUT2D eigenvalue weighted by Gasteiger charge is 2.30. The predicted molar refractivity (Wildman–Crippen MR) is 109 cm³/mol. The maximum Gasteiger partial charge on any atom is 0.136 e. The summed E-state index contributed by atoms with van der Waals surface area (Å²) in [7, 11) is 0. The molecule has 0 bridgehead atoms. The first kappa shape index (κ1) is 18.0. The molecule has 1 N–H and O–H groups in total. The van der Waals surface area contributed by atoms with Gasteiger partial charge >= 0.3 is 0 Å². The fourth-order valence-corrected chi connectivity index (χ4v) is 4.99. The highest BCUT2D eigenvalue weighted by atomic mass is 35.5. The molecule has 1 aromatic carbocycles. The first-order valence-corrected chi connectivity index (χ1v) is 10.5. The first-order chi connectivity index (χ1) is 13.6. The second-order valence-corrected chi connectivity index (χ2v) is 8.55. The Bertz CT molecular complexity index is 1010. The lowest BCUT2D eigenvalue weighted by Crippen LogP contribution is -2.16. The summed E-state index contributed by atoms with van der Waals surface area (Å²) in [6, 6.07) is 6.17. The number of nitrogens with one attached hydrogen (secondary N) is 1. The minimum absolute atomic E-state index is 0.507. The number of hydrogen-bond donors (Lipinski definition) is 1. The van der Waals surface area contributed by atoms with E-state index in [1.807, 2.05) is 13.0 Å². The third-order valence-corrected chi connectivity index (χ3v) is 6.70. The molecule has 1 fully saturated rings. The molecule has 0 saturated heterocycles. The van der Waals surface area contributed by atoms with Crippen molar-refractivity contribution in [2.24, 2.45) is 0 Å². The van der Waals surface area contributed by atoms with Gasteiger partial charge in [0.05, 0.1) is 17.9 Å². The van der Waals surface area contributed by atoms with Crippen LogP contribution in [-0.2, 0) is 13.1 Å². The third kappa shape index (κ3) is 2.97. The molecule has 5 nitrogen and oxygen atoms in total. The van der Waals surface area contributed by atoms with Crippen molar-refractivity contribution in [1.29, 1.82) is 0 Å². The molecule has 1 saturated carbocycles. The lowest BCUT2D eigenvalue weighted by atomic mass is 9.78. The fraction of sp³-hybridized carbons (Fsp3) is 0.455. The van der Waals surface area contributed by atoms with Crippen LogP contribution in [0.5, 0.6) is 0 Å². The predicted octanol–water partition coefficient (Wildman–Crippen LogP) is 5.18. The van der Waals surface area contributed by atoms with Crippen LogP contribution in [0.15, 0.2) is 28.9 Å². The molecule has 28 heavy (non-hydrogen) atoms. The maximum absolute atomic E-state index is 6.24. The second-order valence-electron chi connectivity index (χ2n) is 8.11. The van der Waals surface area contributed by atoms with Gasteiger partial charge in [-0.05, 0) is 63.3 Å². The van der Waals surface area contributed by atoms with Crippen molar-refractivity contribution >= 4 is 11.6 Å². The highest BCUT2D eigenvalue weighted by molar-refractivity contribution is 6.30. The van der Waals surface area contributed by atoms with E-state index in [-0.39, 0.29) is 0 Å². The molecule has 0 spiro atoms. The molecule has 1 aliphatic heterocycles. The monoisotopic (exact) mass is 396 g/mol. The van der Waals surface area contributed by atoms with Crippen molar-refractivity contribution in [2.45, 2.75) is 64.5 Å². The maximum atomic E-state index is 6.24. The summed E-state index contributed by atoms with van der Waals surface area (Å²) in [6.07, 6.45) is 6.67. The van der Waals surface area contributed by atoms with Gasteiger partial charge in [0.15, 0.2) is 0 Å². The van der Waals surface area contributed by atoms with E-state index in [9.17, 15) is 0 Å².